The number of aryl methyl sites for hydroxylation is 4. The second-order valence-electron chi connectivity index (χ2n) is 34.6. The van der Waals surface area contributed by atoms with Gasteiger partial charge in [-0.1, -0.05) is 59.3 Å². The average Bonchev–Trinajstić information content (AvgIpc) is 1.60. The van der Waals surface area contributed by atoms with Crippen LogP contribution < -0.4 is 43.0 Å². The number of aliphatic hydroxyl groups is 1. The van der Waals surface area contributed by atoms with E-state index < -0.39 is 118 Å². The average molecular weight is 1830 g/mol. The van der Waals surface area contributed by atoms with E-state index in [1.54, 1.807) is 123 Å². The number of anilines is 4. The summed E-state index contributed by atoms with van der Waals surface area (Å²) >= 11 is 0. The zero-order valence-corrected chi connectivity index (χ0v) is 78.5. The van der Waals surface area contributed by atoms with E-state index >= 15 is 0 Å². The maximum atomic E-state index is 13.6. The molecular formula is C97H119F4N13O18. The molecule has 35 heteroatoms. The summed E-state index contributed by atoms with van der Waals surface area (Å²) in [5, 5.41) is 28.5. The topological polar surface area (TPSA) is 428 Å². The van der Waals surface area contributed by atoms with Crippen LogP contribution in [0.4, 0.5) is 40.3 Å². The Labute approximate surface area is 763 Å². The lowest BCUT2D eigenvalue weighted by molar-refractivity contribution is -0.147. The number of methoxy groups -OCH3 is 2. The molecule has 3 fully saturated rings. The number of ether oxygens (including phenoxy) is 2. The van der Waals surface area contributed by atoms with Crippen molar-refractivity contribution in [3.05, 3.63) is 208 Å². The molecule has 3 aliphatic rings. The molecule has 1 unspecified atom stereocenters. The molecule has 31 nitrogen and oxygen atoms in total. The SMILES string of the molecule is CC[C@@H](NC(=O)C(=O)c1c(C)c(C(=O)Nc2ccc(F)c(C)c2)c(C)n1C)C(N)=O.COC(=O)[C@@H](NC(=O)C(=O)c1c(C)c(C(=O)Nc2ccc(F)c(C)c2)c(C)n1C)C1CCCCC1.COC(=O)[C@H](NC(=O)C(=O)c1c(C)c(C(=O)Nc2ccc(F)c(C)c2)c(C)n1C)C1CCCCC1.Cc1cc(NC(=O)c2c(C)c(C(=O)C(=O)N3CCC(O)C(C)(C)C3)n(C)c2C)ccc1F. The fourth-order valence-electron chi connectivity index (χ4n) is 17.2. The summed E-state index contributed by atoms with van der Waals surface area (Å²) < 4.78 is 69.9. The molecule has 5 heterocycles. The van der Waals surface area contributed by atoms with Gasteiger partial charge in [-0.3, -0.25) is 62.3 Å². The molecular weight excluding hydrogens is 1710 g/mol. The zero-order valence-electron chi connectivity index (χ0n) is 78.5. The highest BCUT2D eigenvalue weighted by molar-refractivity contribution is 6.45. The molecule has 132 heavy (non-hydrogen) atoms. The number of primary amides is 1. The standard InChI is InChI=1S/2C26H32FN3O5.C24H30FN3O4.C21H25FN4O4/c2*1-14-13-18(11-12-19(14)27)28-24(32)20-15(2)22(30(4)16(20)3)23(31)25(33)29-21(26(34)35-5)17-9-7-6-8-10-17;1-13-11-16(7-8-17(13)25)26-22(31)19-14(2)20(27(6)15(19)3)21(30)23(32)28-10-9-18(29)24(4,5)12-28;1-6-15(19(23)28)25-21(30)18(27)17-11(3)16(12(4)26(17)5)20(29)24-13-7-8-14(22)10(2)9-13/h2*11-13,17,21H,6-10H2,1-5H3,(H,28,32)(H,29,33);7-8,11,18,29H,9-10,12H2,1-6H3,(H,26,31);7-9,15H,6H2,1-5H3,(H2,23,28)(H,24,29)(H,25,30)/t2*21-;;15-/m10.1/s1. The van der Waals surface area contributed by atoms with Crippen molar-refractivity contribution in [3.8, 4) is 0 Å². The number of carbonyl (C=O) groups is 15. The Bertz CT molecular complexity index is 5700. The number of aromatic nitrogens is 4. The number of likely N-dealkylation sites (tertiary alicyclic amines) is 1. The Kier molecular flexibility index (Phi) is 35.0. The lowest BCUT2D eigenvalue weighted by Gasteiger charge is -2.41. The first kappa shape index (κ1) is 104. The van der Waals surface area contributed by atoms with Crippen molar-refractivity contribution in [2.75, 3.05) is 48.6 Å². The van der Waals surface area contributed by atoms with Crippen LogP contribution in [-0.2, 0) is 71.2 Å². The van der Waals surface area contributed by atoms with Crippen LogP contribution in [0.5, 0.6) is 0 Å². The molecule has 1 saturated heterocycles. The maximum absolute atomic E-state index is 13.6. The number of nitrogens with two attached hydrogens (primary N) is 1. The lowest BCUT2D eigenvalue weighted by atomic mass is 9.81. The summed E-state index contributed by atoms with van der Waals surface area (Å²) in [5.74, 6) is -12.2. The smallest absolute Gasteiger partial charge is 0.328 e. The van der Waals surface area contributed by atoms with Gasteiger partial charge in [0.05, 0.1) is 65.4 Å². The van der Waals surface area contributed by atoms with Gasteiger partial charge in [0.1, 0.15) is 41.4 Å². The number of rotatable bonds is 25. The van der Waals surface area contributed by atoms with Crippen LogP contribution in [0.2, 0.25) is 0 Å². The molecule has 1 aliphatic heterocycles. The minimum Gasteiger partial charge on any atom is -0.467 e. The predicted octanol–water partition coefficient (Wildman–Crippen LogP) is 12.6. The number of Topliss-reactive ketones (excluding diaryl/α,β-unsaturated/α-hetero) is 4. The summed E-state index contributed by atoms with van der Waals surface area (Å²) in [6, 6.07) is 14.1. The third kappa shape index (κ3) is 23.6. The number of hydrogen-bond acceptors (Lipinski definition) is 18. The molecule has 10 N–H and O–H groups in total. The van der Waals surface area contributed by atoms with Gasteiger partial charge in [0.2, 0.25) is 5.91 Å². The monoisotopic (exact) mass is 1830 g/mol. The molecule has 0 radical (unpaired) electrons. The second kappa shape index (κ2) is 44.4. The first-order valence-electron chi connectivity index (χ1n) is 43.4. The number of nitrogens with one attached hydrogen (secondary N) is 7. The molecule has 4 aromatic heterocycles. The summed E-state index contributed by atoms with van der Waals surface area (Å²) in [6.45, 7) is 25.4. The van der Waals surface area contributed by atoms with E-state index in [-0.39, 0.29) is 87.5 Å². The number of ketones is 4. The summed E-state index contributed by atoms with van der Waals surface area (Å²) in [7, 11) is 8.91. The molecule has 0 spiro atoms. The van der Waals surface area contributed by atoms with E-state index in [0.717, 1.165) is 64.2 Å². The third-order valence-corrected chi connectivity index (χ3v) is 25.2. The van der Waals surface area contributed by atoms with Gasteiger partial charge in [-0.15, -0.1) is 0 Å². The van der Waals surface area contributed by atoms with Gasteiger partial charge in [0.25, 0.3) is 70.4 Å². The van der Waals surface area contributed by atoms with Crippen molar-refractivity contribution in [1.82, 2.24) is 39.1 Å². The zero-order chi connectivity index (χ0) is 98.4. The Morgan fingerprint density at radius 3 is 0.924 bits per heavy atom. The first-order chi connectivity index (χ1) is 62.0. The van der Waals surface area contributed by atoms with Crippen LogP contribution >= 0.6 is 0 Å². The summed E-state index contributed by atoms with van der Waals surface area (Å²) in [4.78, 5) is 193. The van der Waals surface area contributed by atoms with Gasteiger partial charge >= 0.3 is 11.9 Å². The van der Waals surface area contributed by atoms with E-state index in [9.17, 15) is 94.6 Å². The van der Waals surface area contributed by atoms with Gasteiger partial charge in [-0.05, 0) is 251 Å². The van der Waals surface area contributed by atoms with E-state index in [2.05, 4.69) is 37.2 Å². The molecule has 0 bridgehead atoms. The number of benzene rings is 4. The molecule has 708 valence electrons. The van der Waals surface area contributed by atoms with Crippen LogP contribution in [0.3, 0.4) is 0 Å². The highest BCUT2D eigenvalue weighted by Gasteiger charge is 2.42. The van der Waals surface area contributed by atoms with Crippen LogP contribution in [-0.4, -0.2) is 168 Å². The largest absolute Gasteiger partial charge is 0.467 e. The van der Waals surface area contributed by atoms with Gasteiger partial charge in [-0.25, -0.2) is 27.2 Å². The van der Waals surface area contributed by atoms with E-state index in [0.29, 0.717) is 109 Å². The Balaban J connectivity index is 0.000000217. The Morgan fingerprint density at radius 1 is 0.417 bits per heavy atom. The number of hydrogen-bond donors (Lipinski definition) is 9. The molecule has 4 atom stereocenters. The number of halogens is 4. The highest BCUT2D eigenvalue weighted by atomic mass is 19.1. The predicted molar refractivity (Wildman–Crippen MR) is 487 cm³/mol. The number of nitrogens with zero attached hydrogens (tertiary/aromatic N) is 5. The van der Waals surface area contributed by atoms with Crippen molar-refractivity contribution in [1.29, 1.82) is 0 Å². The molecule has 8 aromatic rings. The second-order valence-corrected chi connectivity index (χ2v) is 34.6. The van der Waals surface area contributed by atoms with Crippen LogP contribution in [0.1, 0.15) is 248 Å². The number of esters is 2. The number of aliphatic hydroxyl groups excluding tert-OH is 1. The van der Waals surface area contributed by atoms with Crippen LogP contribution in [0.25, 0.3) is 0 Å². The van der Waals surface area contributed by atoms with Crippen molar-refractivity contribution in [2.45, 2.75) is 205 Å². The number of carbonyl (C=O) groups excluding carboxylic acids is 15. The van der Waals surface area contributed by atoms with Crippen molar-refractivity contribution in [3.63, 3.8) is 0 Å². The van der Waals surface area contributed by atoms with Gasteiger partial charge in [-0.2, -0.15) is 0 Å². The van der Waals surface area contributed by atoms with Gasteiger partial charge in [0.15, 0.2) is 0 Å². The fourth-order valence-corrected chi connectivity index (χ4v) is 17.2. The summed E-state index contributed by atoms with van der Waals surface area (Å²) in [6.07, 6.45) is 9.12. The van der Waals surface area contributed by atoms with Gasteiger partial charge < -0.3 is 80.7 Å². The normalized spacial score (nSPS) is 14.8. The quantitative estimate of drug-likeness (QED) is 0.0111. The summed E-state index contributed by atoms with van der Waals surface area (Å²) in [5.41, 5.74) is 12.7. The van der Waals surface area contributed by atoms with Crippen molar-refractivity contribution < 1.29 is 104 Å². The van der Waals surface area contributed by atoms with E-state index in [1.807, 2.05) is 13.8 Å². The molecule has 11 rings (SSSR count). The van der Waals surface area contributed by atoms with E-state index in [1.165, 1.54) is 106 Å². The first-order valence-corrected chi connectivity index (χ1v) is 43.4. The minimum atomic E-state index is -0.981. The highest BCUT2D eigenvalue weighted by Crippen LogP contribution is 2.35. The molecule has 2 aliphatic carbocycles. The number of amides is 9. The van der Waals surface area contributed by atoms with Crippen molar-refractivity contribution in [2.24, 2.45) is 51.2 Å². The third-order valence-electron chi connectivity index (χ3n) is 25.2. The molecule has 9 amide bonds. The van der Waals surface area contributed by atoms with Crippen molar-refractivity contribution >= 4 is 111 Å². The fraction of sp³-hybridized carbons (Fsp3) is 0.433. The van der Waals surface area contributed by atoms with E-state index in [4.69, 9.17) is 15.2 Å². The minimum absolute atomic E-state index is 0.0322. The number of piperidine rings is 1. The Hall–Kier alpha value is -13.5. The molecule has 4 aromatic carbocycles. The van der Waals surface area contributed by atoms with Crippen LogP contribution in [0, 0.1) is 124 Å². The lowest BCUT2D eigenvalue weighted by Crippen LogP contribution is -2.52. The maximum Gasteiger partial charge on any atom is 0.328 e. The Morgan fingerprint density at radius 2 is 0.682 bits per heavy atom. The molecule has 2 saturated carbocycles. The van der Waals surface area contributed by atoms with Crippen LogP contribution in [0.15, 0.2) is 72.8 Å². The van der Waals surface area contributed by atoms with Gasteiger partial charge in [0, 0.05) is 92.2 Å².